The molecule has 1 saturated heterocycles. The Kier molecular flexibility index (Phi) is 9.99. The molecule has 0 aromatic rings. The lowest BCUT2D eigenvalue weighted by Crippen LogP contribution is -2.52. The van der Waals surface area contributed by atoms with Crippen molar-refractivity contribution in [3.05, 3.63) is 0 Å². The lowest BCUT2D eigenvalue weighted by molar-refractivity contribution is -0.125. The summed E-state index contributed by atoms with van der Waals surface area (Å²) in [6.07, 6.45) is 17.6. The van der Waals surface area contributed by atoms with Crippen LogP contribution in [-0.4, -0.2) is 17.9 Å². The number of Topliss-reactive ketones (excluding diaryl/α,β-unsaturated/α-hetero) is 1. The fourth-order valence-corrected chi connectivity index (χ4v) is 3.34. The summed E-state index contributed by atoms with van der Waals surface area (Å²) >= 11 is 0. The number of carbonyl (C=O) groups is 1. The minimum atomic E-state index is -0.211. The monoisotopic (exact) mass is 295 g/mol. The van der Waals surface area contributed by atoms with Gasteiger partial charge >= 0.3 is 0 Å². The van der Waals surface area contributed by atoms with Crippen molar-refractivity contribution in [3.63, 3.8) is 0 Å². The highest BCUT2D eigenvalue weighted by molar-refractivity contribution is 5.88. The summed E-state index contributed by atoms with van der Waals surface area (Å²) in [7, 11) is 0. The fourth-order valence-electron chi connectivity index (χ4n) is 3.34. The first kappa shape index (κ1) is 18.7. The van der Waals surface area contributed by atoms with Crippen LogP contribution in [0.3, 0.4) is 0 Å². The molecule has 0 spiro atoms. The number of piperidine rings is 1. The number of hydrogen-bond donors (Lipinski definition) is 1. The maximum atomic E-state index is 12.3. The number of carbonyl (C=O) groups excluding carboxylic acids is 1. The largest absolute Gasteiger partial charge is 0.305 e. The molecule has 1 N–H and O–H groups in total. The molecule has 0 bridgehead atoms. The average molecular weight is 296 g/mol. The highest BCUT2D eigenvalue weighted by Crippen LogP contribution is 2.22. The van der Waals surface area contributed by atoms with E-state index in [2.05, 4.69) is 19.2 Å². The number of hydrogen-bond acceptors (Lipinski definition) is 2. The molecule has 1 aliphatic heterocycles. The third kappa shape index (κ3) is 7.99. The summed E-state index contributed by atoms with van der Waals surface area (Å²) in [6, 6.07) is 0. The van der Waals surface area contributed by atoms with E-state index in [1.807, 2.05) is 0 Å². The quantitative estimate of drug-likeness (QED) is 0.488. The van der Waals surface area contributed by atoms with Gasteiger partial charge in [0.05, 0.1) is 5.54 Å². The first-order chi connectivity index (χ1) is 10.2. The van der Waals surface area contributed by atoms with Gasteiger partial charge in [0.25, 0.3) is 0 Å². The Morgan fingerprint density at radius 1 is 0.905 bits per heavy atom. The fraction of sp³-hybridized carbons (Fsp3) is 0.947. The van der Waals surface area contributed by atoms with Gasteiger partial charge in [-0.15, -0.1) is 0 Å². The normalized spacial score (nSPS) is 22.4. The molecule has 1 fully saturated rings. The third-order valence-electron chi connectivity index (χ3n) is 4.99. The molecule has 0 aromatic heterocycles. The van der Waals surface area contributed by atoms with Crippen molar-refractivity contribution in [1.29, 1.82) is 0 Å². The Bertz CT molecular complexity index is 269. The summed E-state index contributed by atoms with van der Waals surface area (Å²) in [5, 5.41) is 3.43. The van der Waals surface area contributed by atoms with Crippen LogP contribution in [0.1, 0.15) is 104 Å². The smallest absolute Gasteiger partial charge is 0.152 e. The molecule has 1 atom stereocenters. The number of unbranched alkanes of at least 4 members (excludes halogenated alkanes) is 9. The highest BCUT2D eigenvalue weighted by Gasteiger charge is 2.32. The molecule has 21 heavy (non-hydrogen) atoms. The SMILES string of the molecule is CCCCCCCCCCCCC(=O)C1(C)CCCCN1. The van der Waals surface area contributed by atoms with Crippen molar-refractivity contribution in [3.8, 4) is 0 Å². The Labute approximate surface area is 132 Å². The van der Waals surface area contributed by atoms with Crippen molar-refractivity contribution in [2.24, 2.45) is 0 Å². The minimum absolute atomic E-state index is 0.211. The number of rotatable bonds is 12. The van der Waals surface area contributed by atoms with Crippen LogP contribution in [-0.2, 0) is 4.79 Å². The Hall–Kier alpha value is -0.370. The summed E-state index contributed by atoms with van der Waals surface area (Å²) in [6.45, 7) is 5.38. The van der Waals surface area contributed by atoms with Gasteiger partial charge in [0, 0.05) is 6.42 Å². The molecule has 0 radical (unpaired) electrons. The predicted octanol–water partition coefficient (Wildman–Crippen LogP) is 5.40. The second-order valence-corrected chi connectivity index (χ2v) is 7.07. The van der Waals surface area contributed by atoms with E-state index in [-0.39, 0.29) is 5.54 Å². The van der Waals surface area contributed by atoms with E-state index in [1.165, 1.54) is 70.6 Å². The van der Waals surface area contributed by atoms with Gasteiger partial charge in [-0.05, 0) is 39.2 Å². The Balaban J connectivity index is 1.93. The first-order valence-corrected chi connectivity index (χ1v) is 9.47. The molecule has 124 valence electrons. The van der Waals surface area contributed by atoms with Gasteiger partial charge in [0.2, 0.25) is 0 Å². The first-order valence-electron chi connectivity index (χ1n) is 9.47. The van der Waals surface area contributed by atoms with Crippen molar-refractivity contribution < 1.29 is 4.79 Å². The third-order valence-corrected chi connectivity index (χ3v) is 4.99. The van der Waals surface area contributed by atoms with E-state index in [0.717, 1.165) is 25.8 Å². The van der Waals surface area contributed by atoms with E-state index >= 15 is 0 Å². The summed E-state index contributed by atoms with van der Waals surface area (Å²) in [4.78, 5) is 12.3. The number of nitrogens with one attached hydrogen (secondary N) is 1. The van der Waals surface area contributed by atoms with Gasteiger partial charge in [-0.2, -0.15) is 0 Å². The molecule has 2 heteroatoms. The topological polar surface area (TPSA) is 29.1 Å². The Morgan fingerprint density at radius 2 is 1.48 bits per heavy atom. The van der Waals surface area contributed by atoms with E-state index < -0.39 is 0 Å². The highest BCUT2D eigenvalue weighted by atomic mass is 16.1. The summed E-state index contributed by atoms with van der Waals surface area (Å²) in [5.74, 6) is 0.446. The van der Waals surface area contributed by atoms with E-state index in [0.29, 0.717) is 5.78 Å². The summed E-state index contributed by atoms with van der Waals surface area (Å²) < 4.78 is 0. The second kappa shape index (κ2) is 11.2. The van der Waals surface area contributed by atoms with Crippen molar-refractivity contribution in [2.45, 2.75) is 109 Å². The van der Waals surface area contributed by atoms with Crippen LogP contribution in [0, 0.1) is 0 Å². The maximum absolute atomic E-state index is 12.3. The molecule has 1 heterocycles. The van der Waals surface area contributed by atoms with Crippen LogP contribution in [0.5, 0.6) is 0 Å². The van der Waals surface area contributed by atoms with Gasteiger partial charge in [-0.25, -0.2) is 0 Å². The van der Waals surface area contributed by atoms with Gasteiger partial charge < -0.3 is 5.32 Å². The van der Waals surface area contributed by atoms with Gasteiger partial charge in [0.15, 0.2) is 5.78 Å². The van der Waals surface area contributed by atoms with Gasteiger partial charge in [-0.3, -0.25) is 4.79 Å². The zero-order valence-corrected chi connectivity index (χ0v) is 14.5. The molecule has 0 aromatic carbocycles. The lowest BCUT2D eigenvalue weighted by Gasteiger charge is -2.33. The Morgan fingerprint density at radius 3 is 2.00 bits per heavy atom. The van der Waals surface area contributed by atoms with Crippen LogP contribution < -0.4 is 5.32 Å². The molecule has 0 aliphatic carbocycles. The van der Waals surface area contributed by atoms with Gasteiger partial charge in [-0.1, -0.05) is 64.7 Å². The van der Waals surface area contributed by atoms with Crippen LogP contribution in [0.25, 0.3) is 0 Å². The predicted molar refractivity (Wildman–Crippen MR) is 91.7 cm³/mol. The van der Waals surface area contributed by atoms with E-state index in [4.69, 9.17) is 0 Å². The lowest BCUT2D eigenvalue weighted by atomic mass is 9.84. The standard InChI is InChI=1S/C19H37NO/c1-3-4-5-6-7-8-9-10-11-12-15-18(21)19(2)16-13-14-17-20-19/h20H,3-17H2,1-2H3. The molecule has 1 unspecified atom stereocenters. The minimum Gasteiger partial charge on any atom is -0.305 e. The molecule has 0 saturated carbocycles. The average Bonchev–Trinajstić information content (AvgIpc) is 2.49. The molecule has 1 aliphatic rings. The van der Waals surface area contributed by atoms with Crippen LogP contribution in [0.15, 0.2) is 0 Å². The van der Waals surface area contributed by atoms with Crippen LogP contribution in [0.2, 0.25) is 0 Å². The van der Waals surface area contributed by atoms with Crippen molar-refractivity contribution in [1.82, 2.24) is 5.32 Å². The van der Waals surface area contributed by atoms with Crippen LogP contribution in [0.4, 0.5) is 0 Å². The zero-order chi connectivity index (χ0) is 15.4. The molecular weight excluding hydrogens is 258 g/mol. The van der Waals surface area contributed by atoms with Crippen molar-refractivity contribution >= 4 is 5.78 Å². The molecule has 1 rings (SSSR count). The molecule has 2 nitrogen and oxygen atoms in total. The molecule has 0 amide bonds. The maximum Gasteiger partial charge on any atom is 0.152 e. The molecular formula is C19H37NO. The van der Waals surface area contributed by atoms with Crippen molar-refractivity contribution in [2.75, 3.05) is 6.54 Å². The number of ketones is 1. The second-order valence-electron chi connectivity index (χ2n) is 7.07. The van der Waals surface area contributed by atoms with E-state index in [1.54, 1.807) is 0 Å². The zero-order valence-electron chi connectivity index (χ0n) is 14.5. The van der Waals surface area contributed by atoms with Crippen LogP contribution >= 0.6 is 0 Å². The summed E-state index contributed by atoms with van der Waals surface area (Å²) in [5.41, 5.74) is -0.211. The van der Waals surface area contributed by atoms with E-state index in [9.17, 15) is 4.79 Å². The van der Waals surface area contributed by atoms with Gasteiger partial charge in [0.1, 0.15) is 0 Å².